The molecular weight excluding hydrogens is 460 g/mol. The van der Waals surface area contributed by atoms with Crippen molar-refractivity contribution in [2.45, 2.75) is 36.2 Å². The summed E-state index contributed by atoms with van der Waals surface area (Å²) in [7, 11) is 2.11. The molecule has 0 radical (unpaired) electrons. The Kier molecular flexibility index (Phi) is 6.79. The molecule has 5 rings (SSSR count). The van der Waals surface area contributed by atoms with Crippen LogP contribution in [0.1, 0.15) is 25.3 Å². The van der Waals surface area contributed by atoms with Crippen LogP contribution in [0.2, 0.25) is 0 Å². The van der Waals surface area contributed by atoms with Crippen LogP contribution in [-0.2, 0) is 11.2 Å². The van der Waals surface area contributed by atoms with Crippen molar-refractivity contribution in [3.8, 4) is 6.07 Å². The van der Waals surface area contributed by atoms with Gasteiger partial charge in [-0.3, -0.25) is 9.79 Å². The van der Waals surface area contributed by atoms with Gasteiger partial charge in [-0.2, -0.15) is 20.2 Å². The molecule has 35 heavy (non-hydrogen) atoms. The average Bonchev–Trinajstić information content (AvgIpc) is 3.65. The Labute approximate surface area is 209 Å². The fraction of sp³-hybridized carbons (Fsp3) is 0.440. The number of nitrogens with one attached hydrogen (secondary N) is 1. The molecule has 1 aliphatic carbocycles. The number of hydrogen-bond acceptors (Lipinski definition) is 10. The van der Waals surface area contributed by atoms with Crippen molar-refractivity contribution in [3.05, 3.63) is 41.0 Å². The summed E-state index contributed by atoms with van der Waals surface area (Å²) in [5.74, 6) is 2.11. The number of aromatic nitrogens is 3. The maximum absolute atomic E-state index is 12.1. The van der Waals surface area contributed by atoms with Gasteiger partial charge in [0.15, 0.2) is 5.16 Å². The number of likely N-dealkylation sites (N-methyl/N-ethyl adjacent to an activating group) is 1. The van der Waals surface area contributed by atoms with Gasteiger partial charge in [0.1, 0.15) is 17.7 Å². The molecule has 2 aliphatic heterocycles. The summed E-state index contributed by atoms with van der Waals surface area (Å²) in [4.78, 5) is 36.0. The van der Waals surface area contributed by atoms with Crippen LogP contribution in [0.15, 0.2) is 50.5 Å². The van der Waals surface area contributed by atoms with E-state index >= 15 is 0 Å². The summed E-state index contributed by atoms with van der Waals surface area (Å²) in [5, 5.41) is 13.2. The number of ketones is 1. The van der Waals surface area contributed by atoms with Gasteiger partial charge in [-0.1, -0.05) is 12.1 Å². The van der Waals surface area contributed by atoms with Gasteiger partial charge in [0, 0.05) is 43.4 Å². The minimum absolute atomic E-state index is 0.276. The lowest BCUT2D eigenvalue weighted by Crippen LogP contribution is -2.45. The fourth-order valence-electron chi connectivity index (χ4n) is 4.04. The Balaban J connectivity index is 1.36. The van der Waals surface area contributed by atoms with Crippen molar-refractivity contribution in [1.29, 1.82) is 5.26 Å². The first-order chi connectivity index (χ1) is 17.0. The highest BCUT2D eigenvalue weighted by Gasteiger charge is 2.29. The van der Waals surface area contributed by atoms with E-state index in [-0.39, 0.29) is 5.92 Å². The highest BCUT2D eigenvalue weighted by Crippen LogP contribution is 2.32. The van der Waals surface area contributed by atoms with Crippen LogP contribution < -0.4 is 10.2 Å². The topological polar surface area (TPSA) is 110 Å². The van der Waals surface area contributed by atoms with Crippen molar-refractivity contribution in [1.82, 2.24) is 19.9 Å². The molecular formula is C25H28N8OS. The second-order valence-corrected chi connectivity index (χ2v) is 10.3. The molecule has 0 unspecified atom stereocenters. The van der Waals surface area contributed by atoms with E-state index in [1.54, 1.807) is 0 Å². The van der Waals surface area contributed by atoms with Crippen LogP contribution in [-0.4, -0.2) is 71.2 Å². The van der Waals surface area contributed by atoms with Gasteiger partial charge < -0.3 is 15.1 Å². The number of rotatable bonds is 7. The Bertz CT molecular complexity index is 1220. The first-order valence-corrected chi connectivity index (χ1v) is 12.7. The second kappa shape index (κ2) is 10.1. The van der Waals surface area contributed by atoms with Crippen molar-refractivity contribution in [3.63, 3.8) is 0 Å². The number of aliphatic imine (C=N–C) groups is 1. The zero-order chi connectivity index (χ0) is 24.4. The lowest BCUT2D eigenvalue weighted by atomic mass is 10.1. The zero-order valence-corrected chi connectivity index (χ0v) is 20.8. The number of nitrogens with zero attached hydrogens (tertiary/aromatic N) is 7. The summed E-state index contributed by atoms with van der Waals surface area (Å²) in [5.41, 5.74) is 2.50. The minimum Gasteiger partial charge on any atom is -0.338 e. The van der Waals surface area contributed by atoms with Crippen LogP contribution in [0, 0.1) is 17.2 Å². The van der Waals surface area contributed by atoms with Gasteiger partial charge in [-0.05, 0) is 61.8 Å². The Hall–Kier alpha value is -3.29. The Morgan fingerprint density at radius 1 is 1.14 bits per heavy atom. The molecule has 1 N–H and O–H groups in total. The van der Waals surface area contributed by atoms with Crippen LogP contribution in [0.4, 0.5) is 11.9 Å². The van der Waals surface area contributed by atoms with Gasteiger partial charge >= 0.3 is 0 Å². The molecule has 1 saturated heterocycles. The van der Waals surface area contributed by atoms with E-state index in [2.05, 4.69) is 43.2 Å². The molecule has 0 atom stereocenters. The second-order valence-electron chi connectivity index (χ2n) is 9.25. The summed E-state index contributed by atoms with van der Waals surface area (Å²) < 4.78 is 0. The predicted molar refractivity (Wildman–Crippen MR) is 136 cm³/mol. The van der Waals surface area contributed by atoms with Crippen LogP contribution in [0.25, 0.3) is 0 Å². The quantitative estimate of drug-likeness (QED) is 0.629. The van der Waals surface area contributed by atoms with Crippen molar-refractivity contribution < 1.29 is 4.79 Å². The lowest BCUT2D eigenvalue weighted by Gasteiger charge is -2.32. The number of piperazine rings is 1. The molecule has 1 aromatic carbocycles. The highest BCUT2D eigenvalue weighted by molar-refractivity contribution is 7.99. The van der Waals surface area contributed by atoms with Gasteiger partial charge in [0.2, 0.25) is 11.9 Å². The maximum atomic E-state index is 12.1. The van der Waals surface area contributed by atoms with Crippen molar-refractivity contribution in [2.24, 2.45) is 10.9 Å². The molecule has 1 saturated carbocycles. The average molecular weight is 489 g/mol. The molecule has 0 bridgehead atoms. The van der Waals surface area contributed by atoms with E-state index < -0.39 is 0 Å². The van der Waals surface area contributed by atoms with Crippen LogP contribution in [0.3, 0.4) is 0 Å². The van der Waals surface area contributed by atoms with Gasteiger partial charge in [0.25, 0.3) is 0 Å². The zero-order valence-electron chi connectivity index (χ0n) is 20.0. The van der Waals surface area contributed by atoms with Gasteiger partial charge in [0.05, 0.1) is 12.1 Å². The molecule has 10 heteroatoms. The monoisotopic (exact) mass is 488 g/mol. The first kappa shape index (κ1) is 23.5. The molecule has 3 aliphatic rings. The third-order valence-electron chi connectivity index (χ3n) is 6.41. The lowest BCUT2D eigenvalue weighted by molar-refractivity contribution is -0.119. The van der Waals surface area contributed by atoms with Gasteiger partial charge in [-0.25, -0.2) is 0 Å². The molecule has 3 heterocycles. The van der Waals surface area contributed by atoms with Gasteiger partial charge in [-0.15, -0.1) is 0 Å². The molecule has 1 aromatic heterocycles. The molecule has 180 valence electrons. The van der Waals surface area contributed by atoms with Crippen LogP contribution in [0.5, 0.6) is 0 Å². The number of nitriles is 1. The standard InChI is InChI=1S/C25H28N8OS/c1-16-15-27-22(20(16)14-26)28-23-29-24(33-11-9-32(2)10-12-33)31-25(30-23)35-19-7-3-17(4-8-19)13-21(34)18-5-6-18/h3-4,7-8,18H,5-6,9-13,15H2,1-2H3,(H,27,28,29,30,31). The molecule has 2 fully saturated rings. The maximum Gasteiger partial charge on any atom is 0.234 e. The third kappa shape index (κ3) is 5.69. The number of amidine groups is 1. The number of carbonyl (C=O) groups excluding carboxylic acids is 1. The van der Waals surface area contributed by atoms with Crippen LogP contribution >= 0.6 is 11.8 Å². The summed E-state index contributed by atoms with van der Waals surface area (Å²) in [6.07, 6.45) is 2.57. The first-order valence-electron chi connectivity index (χ1n) is 11.9. The summed E-state index contributed by atoms with van der Waals surface area (Å²) in [6.45, 7) is 5.94. The largest absolute Gasteiger partial charge is 0.338 e. The minimum atomic E-state index is 0.276. The number of benzene rings is 1. The van der Waals surface area contributed by atoms with E-state index in [0.29, 0.717) is 47.2 Å². The molecule has 9 nitrogen and oxygen atoms in total. The number of carbonyl (C=O) groups is 1. The highest BCUT2D eigenvalue weighted by atomic mass is 32.2. The van der Waals surface area contributed by atoms with Crippen molar-refractivity contribution >= 4 is 35.3 Å². The predicted octanol–water partition coefficient (Wildman–Crippen LogP) is 2.96. The number of hydrogen-bond donors (Lipinski definition) is 1. The Morgan fingerprint density at radius 2 is 1.89 bits per heavy atom. The molecule has 2 aromatic rings. The third-order valence-corrected chi connectivity index (χ3v) is 7.29. The molecule has 0 amide bonds. The summed E-state index contributed by atoms with van der Waals surface area (Å²) in [6, 6.07) is 10.2. The van der Waals surface area contributed by atoms with E-state index in [0.717, 1.165) is 55.1 Å². The smallest absolute Gasteiger partial charge is 0.234 e. The summed E-state index contributed by atoms with van der Waals surface area (Å²) >= 11 is 1.45. The normalized spacial score (nSPS) is 18.4. The number of anilines is 2. The van der Waals surface area contributed by atoms with E-state index in [4.69, 9.17) is 4.98 Å². The van der Waals surface area contributed by atoms with E-state index in [9.17, 15) is 10.1 Å². The SMILES string of the molecule is CC1=C(C#N)C(Nc2nc(Sc3ccc(CC(=O)C4CC4)cc3)nc(N3CCN(C)CC3)n2)=NC1. The molecule has 0 spiro atoms. The van der Waals surface area contributed by atoms with E-state index in [1.807, 2.05) is 31.2 Å². The van der Waals surface area contributed by atoms with E-state index in [1.165, 1.54) is 11.8 Å². The van der Waals surface area contributed by atoms with Crippen molar-refractivity contribution in [2.75, 3.05) is 50.0 Å². The Morgan fingerprint density at radius 3 is 2.57 bits per heavy atom. The fourth-order valence-corrected chi connectivity index (χ4v) is 4.78. The number of Topliss-reactive ketones (excluding diaryl/α,β-unsaturated/α-hetero) is 1.